The predicted octanol–water partition coefficient (Wildman–Crippen LogP) is 4.75. The minimum atomic E-state index is -0.947. The first kappa shape index (κ1) is 18.6. The van der Waals surface area contributed by atoms with Crippen molar-refractivity contribution in [2.75, 3.05) is 5.32 Å². The highest BCUT2D eigenvalue weighted by Crippen LogP contribution is 2.42. The number of anilines is 1. The molecule has 0 bridgehead atoms. The zero-order valence-electron chi connectivity index (χ0n) is 13.6. The second-order valence-electron chi connectivity index (χ2n) is 7.17. The van der Waals surface area contributed by atoms with Crippen molar-refractivity contribution in [2.24, 2.45) is 5.41 Å². The van der Waals surface area contributed by atoms with E-state index in [4.69, 9.17) is 11.6 Å². The summed E-state index contributed by atoms with van der Waals surface area (Å²) in [6, 6.07) is 4.06. The normalized spacial score (nSPS) is 25.0. The average molecular weight is 452 g/mol. The largest absolute Gasteiger partial charge is 0.465 e. The van der Waals surface area contributed by atoms with Gasteiger partial charge in [-0.15, -0.1) is 0 Å². The van der Waals surface area contributed by atoms with E-state index in [1.165, 1.54) is 0 Å². The lowest BCUT2D eigenvalue weighted by atomic mass is 9.64. The van der Waals surface area contributed by atoms with Gasteiger partial charge in [0.2, 0.25) is 0 Å². The number of hydrogen-bond acceptors (Lipinski definition) is 3. The van der Waals surface area contributed by atoms with E-state index in [9.17, 15) is 9.90 Å². The quantitative estimate of drug-likeness (QED) is 0.458. The molecule has 1 aliphatic rings. The van der Waals surface area contributed by atoms with Crippen LogP contribution in [0.2, 0.25) is 5.15 Å². The average Bonchev–Trinajstić information content (AvgIpc) is 2.38. The molecule has 1 aromatic rings. The molecule has 23 heavy (non-hydrogen) atoms. The van der Waals surface area contributed by atoms with Gasteiger partial charge in [0.25, 0.3) is 0 Å². The van der Waals surface area contributed by atoms with Gasteiger partial charge in [-0.25, -0.2) is 9.78 Å². The van der Waals surface area contributed by atoms with E-state index in [-0.39, 0.29) is 17.0 Å². The lowest BCUT2D eigenvalue weighted by Gasteiger charge is -2.49. The lowest BCUT2D eigenvalue weighted by molar-refractivity contribution is 0.0804. The summed E-state index contributed by atoms with van der Waals surface area (Å²) < 4.78 is 1.04. The molecule has 1 heterocycles. The van der Waals surface area contributed by atoms with Crippen molar-refractivity contribution in [3.05, 3.63) is 20.9 Å². The highest BCUT2D eigenvalue weighted by molar-refractivity contribution is 14.1. The molecule has 1 fully saturated rings. The van der Waals surface area contributed by atoms with Crippen LogP contribution in [0.4, 0.5) is 10.6 Å². The topological polar surface area (TPSA) is 74.2 Å². The van der Waals surface area contributed by atoms with Gasteiger partial charge in [0.1, 0.15) is 11.0 Å². The Balaban J connectivity index is 2.05. The van der Waals surface area contributed by atoms with Gasteiger partial charge in [0, 0.05) is 15.2 Å². The molecule has 1 aromatic heterocycles. The molecule has 1 saturated carbocycles. The van der Waals surface area contributed by atoms with E-state index < -0.39 is 6.09 Å². The zero-order chi connectivity index (χ0) is 17.3. The minimum absolute atomic E-state index is 0.125. The van der Waals surface area contributed by atoms with Crippen molar-refractivity contribution in [3.8, 4) is 0 Å². The molecule has 3 N–H and O–H groups in total. The van der Waals surface area contributed by atoms with Gasteiger partial charge >= 0.3 is 6.09 Å². The summed E-state index contributed by atoms with van der Waals surface area (Å²) in [6.45, 7) is 6.28. The maximum absolute atomic E-state index is 11.2. The molecular weight excluding hydrogens is 429 g/mol. The standard InChI is InChI=1S/C16H23ClIN3O2/c1-15(2,3)16(21-14(22)23)6-4-11(5-7-16)19-13-9-10(18)8-12(17)20-13/h8-9,11,21H,4-7H2,1-3H3,(H,19,20)(H,22,23). The van der Waals surface area contributed by atoms with Crippen LogP contribution in [0.5, 0.6) is 0 Å². The number of rotatable bonds is 3. The summed E-state index contributed by atoms with van der Waals surface area (Å²) in [5.74, 6) is 0.779. The Morgan fingerprint density at radius 2 is 2.00 bits per heavy atom. The van der Waals surface area contributed by atoms with E-state index >= 15 is 0 Å². The maximum Gasteiger partial charge on any atom is 0.405 e. The van der Waals surface area contributed by atoms with Crippen LogP contribution in [0, 0.1) is 8.99 Å². The minimum Gasteiger partial charge on any atom is -0.465 e. The summed E-state index contributed by atoms with van der Waals surface area (Å²) in [5, 5.41) is 15.9. The summed E-state index contributed by atoms with van der Waals surface area (Å²) in [4.78, 5) is 15.5. The van der Waals surface area contributed by atoms with Crippen LogP contribution in [0.1, 0.15) is 46.5 Å². The number of pyridine rings is 1. The number of hydrogen-bond donors (Lipinski definition) is 3. The Bertz CT molecular complexity index is 561. The molecule has 7 heteroatoms. The predicted molar refractivity (Wildman–Crippen MR) is 101 cm³/mol. The zero-order valence-corrected chi connectivity index (χ0v) is 16.5. The van der Waals surface area contributed by atoms with Crippen LogP contribution in [0.15, 0.2) is 12.1 Å². The fourth-order valence-corrected chi connectivity index (χ4v) is 4.25. The van der Waals surface area contributed by atoms with E-state index in [1.54, 1.807) is 0 Å². The number of halogens is 2. The van der Waals surface area contributed by atoms with Crippen LogP contribution < -0.4 is 10.6 Å². The van der Waals surface area contributed by atoms with Gasteiger partial charge in [-0.05, 0) is 65.8 Å². The van der Waals surface area contributed by atoms with E-state index in [0.717, 1.165) is 35.1 Å². The van der Waals surface area contributed by atoms with Crippen LogP contribution in [0.25, 0.3) is 0 Å². The lowest BCUT2D eigenvalue weighted by Crippen LogP contribution is -2.59. The van der Waals surface area contributed by atoms with Crippen LogP contribution in [-0.2, 0) is 0 Å². The Kier molecular flexibility index (Phi) is 5.66. The van der Waals surface area contributed by atoms with Gasteiger partial charge < -0.3 is 15.7 Å². The first-order valence-electron chi connectivity index (χ1n) is 7.72. The first-order chi connectivity index (χ1) is 10.6. The van der Waals surface area contributed by atoms with Gasteiger partial charge in [-0.2, -0.15) is 0 Å². The van der Waals surface area contributed by atoms with Gasteiger partial charge in [0.15, 0.2) is 0 Å². The van der Waals surface area contributed by atoms with Gasteiger partial charge in [0.05, 0.1) is 0 Å². The van der Waals surface area contributed by atoms with Crippen molar-refractivity contribution in [2.45, 2.75) is 58.0 Å². The van der Waals surface area contributed by atoms with Gasteiger partial charge in [-0.1, -0.05) is 32.4 Å². The van der Waals surface area contributed by atoms with E-state index in [0.29, 0.717) is 5.15 Å². The molecule has 0 atom stereocenters. The molecule has 0 unspecified atom stereocenters. The fourth-order valence-electron chi connectivity index (χ4n) is 3.27. The number of nitrogens with one attached hydrogen (secondary N) is 2. The summed E-state index contributed by atoms with van der Waals surface area (Å²) in [6.07, 6.45) is 2.44. The number of nitrogens with zero attached hydrogens (tertiary/aromatic N) is 1. The molecule has 0 aromatic carbocycles. The van der Waals surface area contributed by atoms with Crippen molar-refractivity contribution in [3.63, 3.8) is 0 Å². The third-order valence-electron chi connectivity index (χ3n) is 4.73. The molecule has 1 amide bonds. The van der Waals surface area contributed by atoms with Crippen molar-refractivity contribution in [1.29, 1.82) is 0 Å². The highest BCUT2D eigenvalue weighted by atomic mass is 127. The molecule has 0 aliphatic heterocycles. The third-order valence-corrected chi connectivity index (χ3v) is 5.55. The second-order valence-corrected chi connectivity index (χ2v) is 8.81. The van der Waals surface area contributed by atoms with Crippen molar-refractivity contribution >= 4 is 46.1 Å². The highest BCUT2D eigenvalue weighted by Gasteiger charge is 2.45. The number of carboxylic acid groups (broad SMARTS) is 1. The van der Waals surface area contributed by atoms with Crippen LogP contribution in [-0.4, -0.2) is 27.8 Å². The van der Waals surface area contributed by atoms with Crippen molar-refractivity contribution in [1.82, 2.24) is 10.3 Å². The second kappa shape index (κ2) is 7.01. The molecule has 1 aliphatic carbocycles. The Labute approximate surface area is 155 Å². The third kappa shape index (κ3) is 4.62. The molecule has 2 rings (SSSR count). The summed E-state index contributed by atoms with van der Waals surface area (Å²) >= 11 is 8.21. The van der Waals surface area contributed by atoms with E-state index in [1.807, 2.05) is 12.1 Å². The molecule has 5 nitrogen and oxygen atoms in total. The Morgan fingerprint density at radius 1 is 1.39 bits per heavy atom. The molecule has 0 saturated heterocycles. The summed E-state index contributed by atoms with van der Waals surface area (Å²) in [5.41, 5.74) is -0.507. The first-order valence-corrected chi connectivity index (χ1v) is 9.18. The molecule has 0 radical (unpaired) electrons. The monoisotopic (exact) mass is 451 g/mol. The maximum atomic E-state index is 11.2. The molecule has 128 valence electrons. The Hall–Kier alpha value is -0.760. The van der Waals surface area contributed by atoms with Gasteiger partial charge in [-0.3, -0.25) is 0 Å². The van der Waals surface area contributed by atoms with Crippen LogP contribution >= 0.6 is 34.2 Å². The molecular formula is C16H23ClIN3O2. The number of aromatic nitrogens is 1. The van der Waals surface area contributed by atoms with Crippen LogP contribution in [0.3, 0.4) is 0 Å². The smallest absolute Gasteiger partial charge is 0.405 e. The van der Waals surface area contributed by atoms with E-state index in [2.05, 4.69) is 59.0 Å². The number of amides is 1. The molecule has 0 spiro atoms. The fraction of sp³-hybridized carbons (Fsp3) is 0.625. The van der Waals surface area contributed by atoms with Crippen molar-refractivity contribution < 1.29 is 9.90 Å². The Morgan fingerprint density at radius 3 is 2.48 bits per heavy atom. The summed E-state index contributed by atoms with van der Waals surface area (Å²) in [7, 11) is 0. The SMILES string of the molecule is CC(C)(C)C1(NC(=O)O)CCC(Nc2cc(I)cc(Cl)n2)CC1. The number of carbonyl (C=O) groups is 1.